The maximum Gasteiger partial charge on any atom is 2.00 e. The molecule has 0 rings (SSSR count). The molecule has 0 heterocycles. The first-order chi connectivity index (χ1) is 0. The van der Waals surface area contributed by atoms with Gasteiger partial charge in [-0.25, -0.2) is 0 Å². The molecule has 0 N–H and O–H groups in total. The normalized spacial score (nSPS) is 0. The van der Waals surface area contributed by atoms with Crippen LogP contribution in [0, 0.1) is 0 Å². The van der Waals surface area contributed by atoms with E-state index in [-0.39, 0.29) is 54.2 Å². The first-order valence-corrected chi connectivity index (χ1v) is 0. The van der Waals surface area contributed by atoms with Gasteiger partial charge in [0, 0.05) is 12.3 Å². The second-order valence-electron chi connectivity index (χ2n) is 0. The van der Waals surface area contributed by atoms with E-state index in [0.29, 0.717) is 0 Å². The summed E-state index contributed by atoms with van der Waals surface area (Å²) in [6, 6.07) is 0. The van der Waals surface area contributed by atoms with Crippen molar-refractivity contribution in [2.75, 3.05) is 0 Å². The van der Waals surface area contributed by atoms with Gasteiger partial charge in [0.1, 0.15) is 0 Å². The molecule has 5 heavy (non-hydrogen) atoms. The SMILES string of the molecule is [Cl-].[Cl-].[Cu+2].[N].[N]. The van der Waals surface area contributed by atoms with E-state index in [1.807, 2.05) is 0 Å². The van der Waals surface area contributed by atoms with Gasteiger partial charge in [0.15, 0.2) is 0 Å². The van der Waals surface area contributed by atoms with Crippen molar-refractivity contribution in [3.8, 4) is 0 Å². The molecular weight excluding hydrogens is 162 g/mol. The van der Waals surface area contributed by atoms with E-state index in [2.05, 4.69) is 0 Å². The largest absolute Gasteiger partial charge is 2.00 e. The summed E-state index contributed by atoms with van der Waals surface area (Å²) in [6.45, 7) is 0. The molecular formula is Cl2CuN2. The van der Waals surface area contributed by atoms with Gasteiger partial charge >= 0.3 is 17.1 Å². The van der Waals surface area contributed by atoms with Crippen molar-refractivity contribution < 1.29 is 41.9 Å². The van der Waals surface area contributed by atoms with Crippen LogP contribution < -0.4 is 37.1 Å². The van der Waals surface area contributed by atoms with Crippen molar-refractivity contribution in [3.63, 3.8) is 0 Å². The van der Waals surface area contributed by atoms with Crippen LogP contribution in [0.1, 0.15) is 0 Å². The van der Waals surface area contributed by atoms with Gasteiger partial charge in [0.2, 0.25) is 0 Å². The minimum atomic E-state index is 0. The van der Waals surface area contributed by atoms with E-state index in [4.69, 9.17) is 0 Å². The minimum absolute atomic E-state index is 0. The third-order valence-corrected chi connectivity index (χ3v) is 0. The van der Waals surface area contributed by atoms with Gasteiger partial charge in [-0.05, 0) is 0 Å². The van der Waals surface area contributed by atoms with E-state index < -0.39 is 0 Å². The predicted molar refractivity (Wildman–Crippen MR) is 4.27 cm³/mol. The first-order valence-electron chi connectivity index (χ1n) is 0. The fourth-order valence-corrected chi connectivity index (χ4v) is 0. The summed E-state index contributed by atoms with van der Waals surface area (Å²) < 4.78 is 0. The smallest absolute Gasteiger partial charge is 1.00 e. The van der Waals surface area contributed by atoms with Gasteiger partial charge in [-0.15, -0.1) is 0 Å². The molecule has 0 spiro atoms. The van der Waals surface area contributed by atoms with Crippen LogP contribution in [0.2, 0.25) is 0 Å². The Bertz CT molecular complexity index is 7.61. The molecule has 7 radical (unpaired) electrons. The van der Waals surface area contributed by atoms with Crippen LogP contribution in [0.5, 0.6) is 0 Å². The van der Waals surface area contributed by atoms with Crippen molar-refractivity contribution in [2.24, 2.45) is 0 Å². The van der Waals surface area contributed by atoms with Crippen LogP contribution in [0.25, 0.3) is 0 Å². The van der Waals surface area contributed by atoms with E-state index in [1.54, 1.807) is 0 Å². The summed E-state index contributed by atoms with van der Waals surface area (Å²) in [4.78, 5) is 0. The quantitative estimate of drug-likeness (QED) is 0.318. The Hall–Kier alpha value is 1.02. The summed E-state index contributed by atoms with van der Waals surface area (Å²) in [5, 5.41) is 0. The number of rotatable bonds is 0. The maximum absolute atomic E-state index is 0. The Morgan fingerprint density at radius 3 is 0.600 bits per heavy atom. The van der Waals surface area contributed by atoms with Gasteiger partial charge in [-0.1, -0.05) is 0 Å². The number of hydrogen-bond donors (Lipinski definition) is 0. The third kappa shape index (κ3) is 44.0. The summed E-state index contributed by atoms with van der Waals surface area (Å²) in [6.07, 6.45) is 0. The molecule has 0 aliphatic carbocycles. The summed E-state index contributed by atoms with van der Waals surface area (Å²) in [5.74, 6) is 0. The van der Waals surface area contributed by atoms with E-state index in [0.717, 1.165) is 0 Å². The summed E-state index contributed by atoms with van der Waals surface area (Å²) in [5.41, 5.74) is 0. The van der Waals surface area contributed by atoms with Gasteiger partial charge in [-0.3, -0.25) is 0 Å². The monoisotopic (exact) mass is 161 g/mol. The Morgan fingerprint density at radius 2 is 0.600 bits per heavy atom. The number of hydrogen-bond acceptors (Lipinski definition) is 0. The fourth-order valence-electron chi connectivity index (χ4n) is 0. The molecule has 0 bridgehead atoms. The molecule has 0 aromatic heterocycles. The van der Waals surface area contributed by atoms with E-state index >= 15 is 0 Å². The molecule has 0 atom stereocenters. The maximum atomic E-state index is 0. The third-order valence-electron chi connectivity index (χ3n) is 0. The van der Waals surface area contributed by atoms with E-state index in [1.165, 1.54) is 0 Å². The molecule has 0 aromatic rings. The Labute approximate surface area is 54.5 Å². The van der Waals surface area contributed by atoms with Crippen molar-refractivity contribution in [1.82, 2.24) is 12.3 Å². The Morgan fingerprint density at radius 1 is 0.600 bits per heavy atom. The van der Waals surface area contributed by atoms with Crippen molar-refractivity contribution >= 4 is 0 Å². The van der Waals surface area contributed by atoms with E-state index in [9.17, 15) is 0 Å². The molecule has 5 heteroatoms. The molecule has 0 unspecified atom stereocenters. The molecule has 0 saturated heterocycles. The zero-order valence-electron chi connectivity index (χ0n) is 1.95. The number of nitrogens with zero attached hydrogens (tertiary/aromatic N) is 2. The Kier molecular flexibility index (Phi) is 2280. The first kappa shape index (κ1) is 146. The van der Waals surface area contributed by atoms with Gasteiger partial charge in [-0.2, -0.15) is 0 Å². The van der Waals surface area contributed by atoms with Crippen LogP contribution in [0.15, 0.2) is 0 Å². The molecule has 0 amide bonds. The molecule has 0 fully saturated rings. The molecule has 2 nitrogen and oxygen atoms in total. The van der Waals surface area contributed by atoms with Crippen molar-refractivity contribution in [2.45, 2.75) is 0 Å². The van der Waals surface area contributed by atoms with Gasteiger partial charge in [0.05, 0.1) is 0 Å². The van der Waals surface area contributed by atoms with Crippen LogP contribution in [-0.2, 0) is 17.1 Å². The van der Waals surface area contributed by atoms with Crippen molar-refractivity contribution in [1.29, 1.82) is 0 Å². The van der Waals surface area contributed by atoms with Gasteiger partial charge in [0.25, 0.3) is 0 Å². The average molecular weight is 162 g/mol. The summed E-state index contributed by atoms with van der Waals surface area (Å²) >= 11 is 0. The molecule has 0 saturated carbocycles. The van der Waals surface area contributed by atoms with Gasteiger partial charge < -0.3 is 24.8 Å². The molecule has 0 aliphatic heterocycles. The standard InChI is InChI=1S/2ClH.Cu.2N/h2*1H;;;/q;;+2;;/p-2. The fraction of sp³-hybridized carbons (Fsp3) is 0. The molecule has 35 valence electrons. The second-order valence-corrected chi connectivity index (χ2v) is 0. The summed E-state index contributed by atoms with van der Waals surface area (Å²) in [7, 11) is 0. The van der Waals surface area contributed by atoms with Crippen molar-refractivity contribution in [3.05, 3.63) is 0 Å². The predicted octanol–water partition coefficient (Wildman–Crippen LogP) is -6.96. The van der Waals surface area contributed by atoms with Crippen LogP contribution in [0.4, 0.5) is 0 Å². The van der Waals surface area contributed by atoms with Crippen LogP contribution in [0.3, 0.4) is 0 Å². The zero-order valence-corrected chi connectivity index (χ0v) is 4.41. The molecule has 0 aliphatic rings. The average Bonchev–Trinajstić information content (AvgIpc) is 0. The molecule has 0 aromatic carbocycles. The zero-order chi connectivity index (χ0) is 0. The van der Waals surface area contributed by atoms with Crippen LogP contribution >= 0.6 is 0 Å². The number of halogens is 2. The topological polar surface area (TPSA) is 61.0 Å². The Balaban J connectivity index is 0. The second kappa shape index (κ2) is 78.0. The van der Waals surface area contributed by atoms with Crippen LogP contribution in [-0.4, -0.2) is 0 Å². The minimum Gasteiger partial charge on any atom is -1.00 e.